The predicted octanol–water partition coefficient (Wildman–Crippen LogP) is 5.16. The van der Waals surface area contributed by atoms with Gasteiger partial charge in [0.1, 0.15) is 11.4 Å². The van der Waals surface area contributed by atoms with E-state index in [-0.39, 0.29) is 4.90 Å². The Morgan fingerprint density at radius 3 is 1.77 bits per heavy atom. The van der Waals surface area contributed by atoms with Gasteiger partial charge < -0.3 is 14.2 Å². The fourth-order valence-corrected chi connectivity index (χ4v) is 4.86. The molecule has 0 atom stereocenters. The molecule has 3 aromatic carbocycles. The average Bonchev–Trinajstić information content (AvgIpc) is 2.76. The molecule has 6 nitrogen and oxygen atoms in total. The Hall–Kier alpha value is -3.19. The van der Waals surface area contributed by atoms with Crippen molar-refractivity contribution in [3.05, 3.63) is 71.3 Å². The molecule has 0 heterocycles. The van der Waals surface area contributed by atoms with Crippen molar-refractivity contribution in [2.45, 2.75) is 25.7 Å². The minimum absolute atomic E-state index is 0.177. The van der Waals surface area contributed by atoms with Gasteiger partial charge >= 0.3 is 0 Å². The van der Waals surface area contributed by atoms with Crippen LogP contribution in [0.4, 0.5) is 11.4 Å². The third-order valence-corrected chi connectivity index (χ3v) is 6.79. The molecule has 3 aromatic rings. The highest BCUT2D eigenvalue weighted by Gasteiger charge is 2.31. The molecule has 0 aliphatic heterocycles. The van der Waals surface area contributed by atoms with Gasteiger partial charge in [-0.25, -0.2) is 12.7 Å². The second kappa shape index (κ2) is 8.89. The van der Waals surface area contributed by atoms with Crippen molar-refractivity contribution in [3.63, 3.8) is 0 Å². The molecule has 0 aromatic heterocycles. The molecule has 164 valence electrons. The second-order valence-corrected chi connectivity index (χ2v) is 9.04. The van der Waals surface area contributed by atoms with Crippen molar-refractivity contribution < 1.29 is 22.6 Å². The zero-order chi connectivity index (χ0) is 22.8. The van der Waals surface area contributed by atoms with Crippen molar-refractivity contribution in [2.24, 2.45) is 0 Å². The van der Waals surface area contributed by atoms with Gasteiger partial charge in [0.15, 0.2) is 11.5 Å². The van der Waals surface area contributed by atoms with Crippen LogP contribution in [0.15, 0.2) is 59.5 Å². The number of aryl methyl sites for hydroxylation is 3. The van der Waals surface area contributed by atoms with Crippen LogP contribution in [0.1, 0.15) is 16.7 Å². The summed E-state index contributed by atoms with van der Waals surface area (Å²) in [6.45, 7) is 5.71. The third-order valence-electron chi connectivity index (χ3n) is 5.05. The maximum absolute atomic E-state index is 13.9. The molecule has 0 aliphatic carbocycles. The first kappa shape index (κ1) is 22.5. The van der Waals surface area contributed by atoms with Gasteiger partial charge in [0.2, 0.25) is 0 Å². The van der Waals surface area contributed by atoms with Crippen LogP contribution in [0.3, 0.4) is 0 Å². The Kier molecular flexibility index (Phi) is 6.45. The molecule has 0 amide bonds. The highest BCUT2D eigenvalue weighted by Crippen LogP contribution is 2.45. The van der Waals surface area contributed by atoms with Crippen LogP contribution in [-0.4, -0.2) is 29.7 Å². The van der Waals surface area contributed by atoms with Gasteiger partial charge in [-0.15, -0.1) is 0 Å². The van der Waals surface area contributed by atoms with E-state index < -0.39 is 10.0 Å². The summed E-state index contributed by atoms with van der Waals surface area (Å²) in [6, 6.07) is 15.7. The van der Waals surface area contributed by atoms with E-state index in [0.717, 1.165) is 16.7 Å². The monoisotopic (exact) mass is 441 g/mol. The fourth-order valence-electron chi connectivity index (χ4n) is 3.31. The lowest BCUT2D eigenvalue weighted by Crippen LogP contribution is -2.27. The molecule has 0 fully saturated rings. The van der Waals surface area contributed by atoms with E-state index in [1.807, 2.05) is 39.0 Å². The summed E-state index contributed by atoms with van der Waals surface area (Å²) in [5.74, 6) is 1.18. The molecule has 0 spiro atoms. The molecular formula is C24H27NO5S. The Balaban J connectivity index is 2.37. The lowest BCUT2D eigenvalue weighted by Gasteiger charge is -2.28. The fraction of sp³-hybridized carbons (Fsp3) is 0.250. The number of benzene rings is 3. The molecule has 0 radical (unpaired) electrons. The lowest BCUT2D eigenvalue weighted by atomic mass is 10.1. The Morgan fingerprint density at radius 2 is 1.19 bits per heavy atom. The first-order valence-corrected chi connectivity index (χ1v) is 11.2. The zero-order valence-corrected chi connectivity index (χ0v) is 19.4. The van der Waals surface area contributed by atoms with E-state index in [1.54, 1.807) is 36.4 Å². The predicted molar refractivity (Wildman–Crippen MR) is 123 cm³/mol. The maximum Gasteiger partial charge on any atom is 0.268 e. The van der Waals surface area contributed by atoms with Crippen LogP contribution in [0, 0.1) is 20.8 Å². The molecule has 0 saturated carbocycles. The van der Waals surface area contributed by atoms with Gasteiger partial charge in [-0.1, -0.05) is 29.8 Å². The van der Waals surface area contributed by atoms with Crippen molar-refractivity contribution in [1.29, 1.82) is 0 Å². The minimum atomic E-state index is -3.98. The molecule has 7 heteroatoms. The smallest absolute Gasteiger partial charge is 0.268 e. The summed E-state index contributed by atoms with van der Waals surface area (Å²) >= 11 is 0. The largest absolute Gasteiger partial charge is 0.494 e. The minimum Gasteiger partial charge on any atom is -0.494 e. The van der Waals surface area contributed by atoms with Crippen LogP contribution >= 0.6 is 0 Å². The van der Waals surface area contributed by atoms with Crippen LogP contribution in [0.5, 0.6) is 17.2 Å². The summed E-state index contributed by atoms with van der Waals surface area (Å²) in [5, 5.41) is 0. The molecule has 0 N–H and O–H groups in total. The molecular weight excluding hydrogens is 414 g/mol. The van der Waals surface area contributed by atoms with Gasteiger partial charge in [0, 0.05) is 12.1 Å². The summed E-state index contributed by atoms with van der Waals surface area (Å²) in [6.07, 6.45) is 0. The van der Waals surface area contributed by atoms with E-state index in [0.29, 0.717) is 28.6 Å². The standard InChI is InChI=1S/C24H27NO5S/c1-16-8-11-19(12-9-16)31(26,27)25(20-13-17(2)7-10-18(20)3)21-14-23(29-5)24(30-6)15-22(21)28-4/h7-15H,1-6H3. The Morgan fingerprint density at radius 1 is 0.645 bits per heavy atom. The number of hydrogen-bond donors (Lipinski definition) is 0. The molecule has 0 saturated heterocycles. The van der Waals surface area contributed by atoms with Gasteiger partial charge in [-0.3, -0.25) is 0 Å². The van der Waals surface area contributed by atoms with E-state index in [1.165, 1.54) is 25.6 Å². The molecule has 0 unspecified atom stereocenters. The number of sulfonamides is 1. The van der Waals surface area contributed by atoms with E-state index in [2.05, 4.69) is 0 Å². The van der Waals surface area contributed by atoms with Crippen molar-refractivity contribution in [3.8, 4) is 17.2 Å². The van der Waals surface area contributed by atoms with Crippen LogP contribution < -0.4 is 18.5 Å². The van der Waals surface area contributed by atoms with E-state index in [4.69, 9.17) is 14.2 Å². The molecule has 0 bridgehead atoms. The van der Waals surface area contributed by atoms with E-state index in [9.17, 15) is 8.42 Å². The first-order chi connectivity index (χ1) is 14.7. The number of nitrogens with zero attached hydrogens (tertiary/aromatic N) is 1. The number of hydrogen-bond acceptors (Lipinski definition) is 5. The van der Waals surface area contributed by atoms with Gasteiger partial charge in [-0.2, -0.15) is 0 Å². The lowest BCUT2D eigenvalue weighted by molar-refractivity contribution is 0.349. The molecule has 3 rings (SSSR count). The summed E-state index contributed by atoms with van der Waals surface area (Å²) in [5.41, 5.74) is 3.57. The van der Waals surface area contributed by atoms with E-state index >= 15 is 0 Å². The summed E-state index contributed by atoms with van der Waals surface area (Å²) in [4.78, 5) is 0.177. The number of ether oxygens (including phenoxy) is 3. The quantitative estimate of drug-likeness (QED) is 0.506. The topological polar surface area (TPSA) is 65.1 Å². The van der Waals surface area contributed by atoms with Gasteiger partial charge in [0.05, 0.1) is 31.9 Å². The number of anilines is 2. The second-order valence-electron chi connectivity index (χ2n) is 7.25. The Labute approximate surface area is 184 Å². The normalized spacial score (nSPS) is 11.2. The third kappa shape index (κ3) is 4.32. The maximum atomic E-state index is 13.9. The summed E-state index contributed by atoms with van der Waals surface area (Å²) < 4.78 is 45.6. The van der Waals surface area contributed by atoms with Crippen LogP contribution in [0.25, 0.3) is 0 Å². The van der Waals surface area contributed by atoms with Crippen molar-refractivity contribution in [1.82, 2.24) is 0 Å². The highest BCUT2D eigenvalue weighted by molar-refractivity contribution is 7.93. The number of methoxy groups -OCH3 is 3. The molecule has 31 heavy (non-hydrogen) atoms. The molecule has 0 aliphatic rings. The van der Waals surface area contributed by atoms with Gasteiger partial charge in [0.25, 0.3) is 10.0 Å². The summed E-state index contributed by atoms with van der Waals surface area (Å²) in [7, 11) is 0.528. The number of rotatable bonds is 7. The average molecular weight is 442 g/mol. The van der Waals surface area contributed by atoms with Crippen molar-refractivity contribution >= 4 is 21.4 Å². The Bertz CT molecular complexity index is 1190. The van der Waals surface area contributed by atoms with Crippen molar-refractivity contribution in [2.75, 3.05) is 25.6 Å². The van der Waals surface area contributed by atoms with Gasteiger partial charge in [-0.05, 0) is 50.1 Å². The van der Waals surface area contributed by atoms with Crippen LogP contribution in [0.2, 0.25) is 0 Å². The highest BCUT2D eigenvalue weighted by atomic mass is 32.2. The first-order valence-electron chi connectivity index (χ1n) is 9.72. The zero-order valence-electron chi connectivity index (χ0n) is 18.6. The van der Waals surface area contributed by atoms with Crippen LogP contribution in [-0.2, 0) is 10.0 Å². The SMILES string of the molecule is COc1cc(OC)c(N(c2cc(C)ccc2C)S(=O)(=O)c2ccc(C)cc2)cc1OC.